The Hall–Kier alpha value is -1.62. The molecule has 1 unspecified atom stereocenters. The molecule has 1 amide bonds. The van der Waals surface area contributed by atoms with Crippen molar-refractivity contribution in [3.8, 4) is 0 Å². The van der Waals surface area contributed by atoms with Gasteiger partial charge in [0.1, 0.15) is 18.2 Å². The standard InChI is InChI=1S/C15H17ClFN3O/c1-10(16)15-18-12-5-4-11(17)8-13(12)20(15)9-14(21)19-6-2-3-7-19/h4-5,8,10H,2-3,6-7,9H2,1H3. The van der Waals surface area contributed by atoms with E-state index in [0.717, 1.165) is 25.9 Å². The molecule has 1 fully saturated rings. The molecule has 1 aliphatic heterocycles. The molecule has 1 aromatic carbocycles. The van der Waals surface area contributed by atoms with Crippen molar-refractivity contribution < 1.29 is 9.18 Å². The summed E-state index contributed by atoms with van der Waals surface area (Å²) < 4.78 is 15.2. The predicted octanol–water partition coefficient (Wildman–Crippen LogP) is 3.10. The first-order valence-electron chi connectivity index (χ1n) is 7.14. The fourth-order valence-electron chi connectivity index (χ4n) is 2.79. The molecule has 1 aromatic heterocycles. The van der Waals surface area contributed by atoms with Crippen molar-refractivity contribution in [1.29, 1.82) is 0 Å². The molecule has 4 nitrogen and oxygen atoms in total. The first-order chi connectivity index (χ1) is 10.1. The molecule has 1 aliphatic rings. The molecule has 21 heavy (non-hydrogen) atoms. The number of halogens is 2. The summed E-state index contributed by atoms with van der Waals surface area (Å²) in [7, 11) is 0. The normalized spacial score (nSPS) is 16.6. The molecule has 0 aliphatic carbocycles. The molecule has 0 saturated carbocycles. The maximum absolute atomic E-state index is 13.5. The number of nitrogens with zero attached hydrogens (tertiary/aromatic N) is 3. The minimum atomic E-state index is -0.342. The highest BCUT2D eigenvalue weighted by molar-refractivity contribution is 6.20. The highest BCUT2D eigenvalue weighted by atomic mass is 35.5. The Balaban J connectivity index is 2.00. The van der Waals surface area contributed by atoms with Gasteiger partial charge in [0.25, 0.3) is 0 Å². The van der Waals surface area contributed by atoms with Gasteiger partial charge in [-0.2, -0.15) is 0 Å². The van der Waals surface area contributed by atoms with Crippen molar-refractivity contribution in [3.63, 3.8) is 0 Å². The van der Waals surface area contributed by atoms with Gasteiger partial charge in [-0.05, 0) is 38.0 Å². The first-order valence-corrected chi connectivity index (χ1v) is 7.57. The second-order valence-electron chi connectivity index (χ2n) is 5.39. The number of carbonyl (C=O) groups excluding carboxylic acids is 1. The Bertz CT molecular complexity index is 677. The molecule has 6 heteroatoms. The summed E-state index contributed by atoms with van der Waals surface area (Å²) in [6.07, 6.45) is 2.09. The number of rotatable bonds is 3. The number of benzene rings is 1. The fourth-order valence-corrected chi connectivity index (χ4v) is 2.95. The van der Waals surface area contributed by atoms with E-state index in [9.17, 15) is 9.18 Å². The number of amides is 1. The van der Waals surface area contributed by atoms with Gasteiger partial charge in [-0.25, -0.2) is 9.37 Å². The van der Waals surface area contributed by atoms with E-state index in [2.05, 4.69) is 4.98 Å². The van der Waals surface area contributed by atoms with Crippen LogP contribution in [-0.4, -0.2) is 33.4 Å². The monoisotopic (exact) mass is 309 g/mol. The third-order valence-corrected chi connectivity index (χ3v) is 4.04. The molecule has 2 aromatic rings. The Kier molecular flexibility index (Phi) is 3.85. The van der Waals surface area contributed by atoms with Crippen LogP contribution in [0, 0.1) is 5.82 Å². The Labute approximate surface area is 127 Å². The molecular weight excluding hydrogens is 293 g/mol. The van der Waals surface area contributed by atoms with Crippen LogP contribution in [0.2, 0.25) is 0 Å². The average Bonchev–Trinajstić information content (AvgIpc) is 3.07. The van der Waals surface area contributed by atoms with Crippen LogP contribution >= 0.6 is 11.6 Å². The highest BCUT2D eigenvalue weighted by Crippen LogP contribution is 2.25. The van der Waals surface area contributed by atoms with Crippen LogP contribution in [0.25, 0.3) is 11.0 Å². The topological polar surface area (TPSA) is 38.1 Å². The molecular formula is C15H17ClFN3O. The summed E-state index contributed by atoms with van der Waals surface area (Å²) in [5, 5.41) is -0.341. The fraction of sp³-hybridized carbons (Fsp3) is 0.467. The maximum atomic E-state index is 13.5. The van der Waals surface area contributed by atoms with Crippen molar-refractivity contribution in [2.45, 2.75) is 31.7 Å². The number of hydrogen-bond donors (Lipinski definition) is 0. The highest BCUT2D eigenvalue weighted by Gasteiger charge is 2.22. The Morgan fingerprint density at radius 2 is 2.14 bits per heavy atom. The van der Waals surface area contributed by atoms with Gasteiger partial charge in [0, 0.05) is 13.1 Å². The van der Waals surface area contributed by atoms with E-state index in [4.69, 9.17) is 11.6 Å². The molecule has 0 N–H and O–H groups in total. The van der Waals surface area contributed by atoms with E-state index in [1.807, 2.05) is 4.90 Å². The smallest absolute Gasteiger partial charge is 0.242 e. The summed E-state index contributed by atoms with van der Waals surface area (Å²) in [4.78, 5) is 18.6. The zero-order valence-electron chi connectivity index (χ0n) is 11.9. The summed E-state index contributed by atoms with van der Waals surface area (Å²) in [6, 6.07) is 4.39. The molecule has 0 radical (unpaired) electrons. The molecule has 1 saturated heterocycles. The average molecular weight is 310 g/mol. The SMILES string of the molecule is CC(Cl)c1nc2ccc(F)cc2n1CC(=O)N1CCCC1. The second kappa shape index (κ2) is 5.64. The maximum Gasteiger partial charge on any atom is 0.242 e. The van der Waals surface area contributed by atoms with Crippen LogP contribution in [-0.2, 0) is 11.3 Å². The van der Waals surface area contributed by atoms with Crippen LogP contribution in [0.5, 0.6) is 0 Å². The number of fused-ring (bicyclic) bond motifs is 1. The van der Waals surface area contributed by atoms with Crippen LogP contribution < -0.4 is 0 Å². The van der Waals surface area contributed by atoms with Crippen molar-refractivity contribution >= 4 is 28.5 Å². The largest absolute Gasteiger partial charge is 0.341 e. The lowest BCUT2D eigenvalue weighted by Crippen LogP contribution is -2.31. The Morgan fingerprint density at radius 1 is 1.43 bits per heavy atom. The van der Waals surface area contributed by atoms with Gasteiger partial charge in [-0.3, -0.25) is 4.79 Å². The van der Waals surface area contributed by atoms with Crippen LogP contribution in [0.15, 0.2) is 18.2 Å². The van der Waals surface area contributed by atoms with Crippen molar-refractivity contribution in [1.82, 2.24) is 14.5 Å². The molecule has 1 atom stereocenters. The molecule has 0 spiro atoms. The number of hydrogen-bond acceptors (Lipinski definition) is 2. The first kappa shape index (κ1) is 14.3. The van der Waals surface area contributed by atoms with Crippen LogP contribution in [0.1, 0.15) is 31.0 Å². The Morgan fingerprint density at radius 3 is 2.81 bits per heavy atom. The van der Waals surface area contributed by atoms with E-state index < -0.39 is 0 Å². The van der Waals surface area contributed by atoms with E-state index >= 15 is 0 Å². The summed E-state index contributed by atoms with van der Waals surface area (Å²) >= 11 is 6.16. The van der Waals surface area contributed by atoms with Crippen LogP contribution in [0.4, 0.5) is 4.39 Å². The lowest BCUT2D eigenvalue weighted by molar-refractivity contribution is -0.130. The minimum absolute atomic E-state index is 0.0367. The summed E-state index contributed by atoms with van der Waals surface area (Å²) in [5.41, 5.74) is 1.28. The van der Waals surface area contributed by atoms with Gasteiger partial charge in [0.15, 0.2) is 0 Å². The number of likely N-dealkylation sites (tertiary alicyclic amines) is 1. The lowest BCUT2D eigenvalue weighted by Gasteiger charge is -2.17. The summed E-state index contributed by atoms with van der Waals surface area (Å²) in [5.74, 6) is 0.297. The third kappa shape index (κ3) is 2.75. The van der Waals surface area contributed by atoms with E-state index in [1.54, 1.807) is 17.6 Å². The van der Waals surface area contributed by atoms with E-state index in [1.165, 1.54) is 12.1 Å². The van der Waals surface area contributed by atoms with Gasteiger partial charge < -0.3 is 9.47 Å². The van der Waals surface area contributed by atoms with E-state index in [-0.39, 0.29) is 23.6 Å². The number of carbonyl (C=O) groups is 1. The minimum Gasteiger partial charge on any atom is -0.341 e. The van der Waals surface area contributed by atoms with Crippen molar-refractivity contribution in [2.24, 2.45) is 0 Å². The lowest BCUT2D eigenvalue weighted by atomic mass is 10.3. The number of alkyl halides is 1. The molecule has 3 rings (SSSR count). The third-order valence-electron chi connectivity index (χ3n) is 3.85. The van der Waals surface area contributed by atoms with Crippen molar-refractivity contribution in [3.05, 3.63) is 29.8 Å². The quantitative estimate of drug-likeness (QED) is 0.817. The zero-order chi connectivity index (χ0) is 15.0. The molecule has 0 bridgehead atoms. The van der Waals surface area contributed by atoms with E-state index in [0.29, 0.717) is 16.9 Å². The number of aromatic nitrogens is 2. The summed E-state index contributed by atoms with van der Waals surface area (Å²) in [6.45, 7) is 3.56. The predicted molar refractivity (Wildman–Crippen MR) is 79.8 cm³/mol. The molecule has 112 valence electrons. The van der Waals surface area contributed by atoms with Crippen LogP contribution in [0.3, 0.4) is 0 Å². The second-order valence-corrected chi connectivity index (χ2v) is 6.05. The van der Waals surface area contributed by atoms with Gasteiger partial charge in [0.2, 0.25) is 5.91 Å². The van der Waals surface area contributed by atoms with Gasteiger partial charge >= 0.3 is 0 Å². The van der Waals surface area contributed by atoms with Crippen molar-refractivity contribution in [2.75, 3.05) is 13.1 Å². The van der Waals surface area contributed by atoms with Gasteiger partial charge in [-0.1, -0.05) is 0 Å². The zero-order valence-corrected chi connectivity index (χ0v) is 12.6. The van der Waals surface area contributed by atoms with Gasteiger partial charge in [0.05, 0.1) is 16.4 Å². The van der Waals surface area contributed by atoms with Gasteiger partial charge in [-0.15, -0.1) is 11.6 Å². The number of imidazole rings is 1. The molecule has 2 heterocycles.